The van der Waals surface area contributed by atoms with Gasteiger partial charge in [-0.1, -0.05) is 19.3 Å². The molecule has 18 heavy (non-hydrogen) atoms. The van der Waals surface area contributed by atoms with Crippen molar-refractivity contribution < 1.29 is 0 Å². The van der Waals surface area contributed by atoms with Crippen molar-refractivity contribution in [1.82, 2.24) is 5.32 Å². The molecule has 2 N–H and O–H groups in total. The average molecular weight is 263 g/mol. The van der Waals surface area contributed by atoms with E-state index in [0.29, 0.717) is 12.7 Å². The number of hydrogen-bond acceptors (Lipinski definition) is 4. The minimum atomic E-state index is 0.628. The lowest BCUT2D eigenvalue weighted by Gasteiger charge is -2.26. The third-order valence-corrected chi connectivity index (χ3v) is 5.21. The topological polar surface area (TPSA) is 36.4 Å². The van der Waals surface area contributed by atoms with Gasteiger partial charge < -0.3 is 10.6 Å². The van der Waals surface area contributed by atoms with Crippen molar-refractivity contribution in [3.63, 3.8) is 0 Å². The van der Waals surface area contributed by atoms with E-state index in [0.717, 1.165) is 5.84 Å². The third-order valence-electron chi connectivity index (χ3n) is 4.04. The van der Waals surface area contributed by atoms with Gasteiger partial charge >= 0.3 is 0 Å². The quantitative estimate of drug-likeness (QED) is 0.814. The predicted octanol–water partition coefficient (Wildman–Crippen LogP) is 3.42. The van der Waals surface area contributed by atoms with Gasteiger partial charge in [-0.15, -0.1) is 11.3 Å². The summed E-state index contributed by atoms with van der Waals surface area (Å²) in [4.78, 5) is 6.04. The monoisotopic (exact) mass is 263 g/mol. The second-order valence-corrected chi connectivity index (χ2v) is 6.53. The molecule has 0 atom stereocenters. The summed E-state index contributed by atoms with van der Waals surface area (Å²) in [5.74, 6) is 1.12. The maximum Gasteiger partial charge on any atom is 0.133 e. The van der Waals surface area contributed by atoms with Gasteiger partial charge in [0.1, 0.15) is 17.5 Å². The molecule has 1 saturated carbocycles. The highest BCUT2D eigenvalue weighted by Gasteiger charge is 2.23. The van der Waals surface area contributed by atoms with E-state index in [1.807, 2.05) is 11.3 Å². The summed E-state index contributed by atoms with van der Waals surface area (Å²) in [5, 5.41) is 8.36. The standard InChI is InChI=1S/C14H21N3S/c1-9-10(2)18-14-12(9)13(15-8-16-14)17-11-6-4-3-5-7-11/h11,16H,3-8H2,1-2H3,(H,15,17). The molecule has 0 radical (unpaired) electrons. The van der Waals surface area contributed by atoms with Crippen LogP contribution in [0.1, 0.15) is 48.1 Å². The fourth-order valence-corrected chi connectivity index (χ4v) is 3.91. The van der Waals surface area contributed by atoms with Crippen LogP contribution in [-0.4, -0.2) is 18.5 Å². The van der Waals surface area contributed by atoms with E-state index >= 15 is 0 Å². The lowest BCUT2D eigenvalue weighted by Crippen LogP contribution is -2.38. The lowest BCUT2D eigenvalue weighted by molar-refractivity contribution is 0.413. The summed E-state index contributed by atoms with van der Waals surface area (Å²) in [6, 6.07) is 0.628. The summed E-state index contributed by atoms with van der Waals surface area (Å²) < 4.78 is 0. The summed E-state index contributed by atoms with van der Waals surface area (Å²) in [6.07, 6.45) is 6.71. The molecule has 1 aliphatic carbocycles. The molecule has 0 bridgehead atoms. The van der Waals surface area contributed by atoms with Crippen molar-refractivity contribution in [2.75, 3.05) is 12.0 Å². The molecule has 0 unspecified atom stereocenters. The molecule has 0 spiro atoms. The van der Waals surface area contributed by atoms with E-state index in [4.69, 9.17) is 0 Å². The molecule has 2 aliphatic rings. The van der Waals surface area contributed by atoms with E-state index in [2.05, 4.69) is 29.5 Å². The minimum Gasteiger partial charge on any atom is -0.367 e. The Kier molecular flexibility index (Phi) is 3.29. The van der Waals surface area contributed by atoms with Crippen LogP contribution >= 0.6 is 11.3 Å². The maximum atomic E-state index is 4.64. The van der Waals surface area contributed by atoms with Gasteiger partial charge in [0.2, 0.25) is 0 Å². The Labute approximate surface area is 113 Å². The first-order valence-electron chi connectivity index (χ1n) is 6.91. The Morgan fingerprint density at radius 3 is 2.78 bits per heavy atom. The smallest absolute Gasteiger partial charge is 0.133 e. The van der Waals surface area contributed by atoms with Gasteiger partial charge in [0, 0.05) is 10.9 Å². The van der Waals surface area contributed by atoms with Crippen molar-refractivity contribution in [2.45, 2.75) is 52.0 Å². The van der Waals surface area contributed by atoms with Gasteiger partial charge in [0.25, 0.3) is 0 Å². The van der Waals surface area contributed by atoms with Gasteiger partial charge in [0.15, 0.2) is 0 Å². The molecule has 3 nitrogen and oxygen atoms in total. The number of nitrogens with one attached hydrogen (secondary N) is 2. The predicted molar refractivity (Wildman–Crippen MR) is 78.8 cm³/mol. The molecule has 4 heteroatoms. The van der Waals surface area contributed by atoms with Crippen molar-refractivity contribution in [2.24, 2.45) is 4.99 Å². The van der Waals surface area contributed by atoms with Gasteiger partial charge in [-0.3, -0.25) is 0 Å². The molecule has 1 fully saturated rings. The highest BCUT2D eigenvalue weighted by Crippen LogP contribution is 2.34. The molecule has 1 aromatic heterocycles. The van der Waals surface area contributed by atoms with E-state index in [-0.39, 0.29) is 0 Å². The SMILES string of the molecule is Cc1sc2c(c1C)C(NC1CCCCC1)=NCN2. The van der Waals surface area contributed by atoms with Crippen LogP contribution in [0.2, 0.25) is 0 Å². The fourth-order valence-electron chi connectivity index (χ4n) is 2.86. The Hall–Kier alpha value is -1.03. The number of anilines is 1. The first-order valence-corrected chi connectivity index (χ1v) is 7.72. The number of aliphatic imine (C=N–C) groups is 1. The second kappa shape index (κ2) is 4.92. The summed E-state index contributed by atoms with van der Waals surface area (Å²) in [6.45, 7) is 5.11. The highest BCUT2D eigenvalue weighted by molar-refractivity contribution is 7.16. The van der Waals surface area contributed by atoms with Gasteiger partial charge in [-0.05, 0) is 32.3 Å². The zero-order valence-electron chi connectivity index (χ0n) is 11.2. The van der Waals surface area contributed by atoms with Crippen molar-refractivity contribution in [3.8, 4) is 0 Å². The van der Waals surface area contributed by atoms with E-state index in [9.17, 15) is 0 Å². The van der Waals surface area contributed by atoms with Crippen LogP contribution in [0.15, 0.2) is 4.99 Å². The number of rotatable bonds is 1. The van der Waals surface area contributed by atoms with Gasteiger partial charge in [0.05, 0.1) is 5.56 Å². The number of amidine groups is 1. The fraction of sp³-hybridized carbons (Fsp3) is 0.643. The second-order valence-electron chi connectivity index (χ2n) is 5.31. The largest absolute Gasteiger partial charge is 0.367 e. The molecule has 1 aromatic rings. The highest BCUT2D eigenvalue weighted by atomic mass is 32.1. The summed E-state index contributed by atoms with van der Waals surface area (Å²) in [7, 11) is 0. The maximum absolute atomic E-state index is 4.64. The molecule has 2 heterocycles. The van der Waals surface area contributed by atoms with Crippen LogP contribution in [-0.2, 0) is 0 Å². The molecule has 0 saturated heterocycles. The Bertz CT molecular complexity index is 470. The molecule has 0 aromatic carbocycles. The number of aryl methyl sites for hydroxylation is 1. The van der Waals surface area contributed by atoms with Crippen LogP contribution in [0.3, 0.4) is 0 Å². The van der Waals surface area contributed by atoms with E-state index in [1.165, 1.54) is 53.1 Å². The summed E-state index contributed by atoms with van der Waals surface area (Å²) >= 11 is 1.85. The molecule has 1 aliphatic heterocycles. The van der Waals surface area contributed by atoms with Gasteiger partial charge in [-0.25, -0.2) is 4.99 Å². The Morgan fingerprint density at radius 2 is 2.00 bits per heavy atom. The molecule has 3 rings (SSSR count). The van der Waals surface area contributed by atoms with Gasteiger partial charge in [-0.2, -0.15) is 0 Å². The van der Waals surface area contributed by atoms with Crippen molar-refractivity contribution in [3.05, 3.63) is 16.0 Å². The zero-order valence-corrected chi connectivity index (χ0v) is 12.0. The molecular formula is C14H21N3S. The van der Waals surface area contributed by atoms with Crippen LogP contribution in [0.25, 0.3) is 0 Å². The van der Waals surface area contributed by atoms with Crippen LogP contribution in [0.5, 0.6) is 0 Å². The van der Waals surface area contributed by atoms with Crippen LogP contribution in [0.4, 0.5) is 5.00 Å². The number of fused-ring (bicyclic) bond motifs is 1. The third kappa shape index (κ3) is 2.14. The molecule has 0 amide bonds. The van der Waals surface area contributed by atoms with Crippen molar-refractivity contribution in [1.29, 1.82) is 0 Å². The van der Waals surface area contributed by atoms with Crippen LogP contribution in [0, 0.1) is 13.8 Å². The Balaban J connectivity index is 1.82. The van der Waals surface area contributed by atoms with E-state index < -0.39 is 0 Å². The first-order chi connectivity index (χ1) is 8.75. The lowest BCUT2D eigenvalue weighted by atomic mass is 9.95. The normalized spacial score (nSPS) is 20.0. The number of nitrogens with zero attached hydrogens (tertiary/aromatic N) is 1. The average Bonchev–Trinajstić information content (AvgIpc) is 2.67. The number of hydrogen-bond donors (Lipinski definition) is 2. The van der Waals surface area contributed by atoms with E-state index in [1.54, 1.807) is 0 Å². The van der Waals surface area contributed by atoms with Crippen molar-refractivity contribution >= 4 is 22.2 Å². The zero-order chi connectivity index (χ0) is 12.5. The molecular weight excluding hydrogens is 242 g/mol. The first kappa shape index (κ1) is 12.0. The van der Waals surface area contributed by atoms with Crippen LogP contribution < -0.4 is 10.6 Å². The minimum absolute atomic E-state index is 0.628. The molecule has 98 valence electrons. The number of thiophene rings is 1. The summed E-state index contributed by atoms with van der Waals surface area (Å²) in [5.41, 5.74) is 2.69. The Morgan fingerprint density at radius 1 is 1.22 bits per heavy atom.